The van der Waals surface area contributed by atoms with Gasteiger partial charge in [0.05, 0.1) is 24.6 Å². The Hall–Kier alpha value is -1.20. The fourth-order valence-corrected chi connectivity index (χ4v) is 1.35. The zero-order valence-electron chi connectivity index (χ0n) is 9.35. The highest BCUT2D eigenvalue weighted by Gasteiger charge is 2.13. The molecule has 0 aliphatic rings. The zero-order valence-corrected chi connectivity index (χ0v) is 10.1. The molecule has 2 N–H and O–H groups in total. The Morgan fingerprint density at radius 2 is 2.19 bits per heavy atom. The number of primary amides is 1. The third-order valence-electron chi connectivity index (χ3n) is 2.13. The van der Waals surface area contributed by atoms with Crippen LogP contribution >= 0.6 is 11.6 Å². The van der Waals surface area contributed by atoms with Gasteiger partial charge in [0.15, 0.2) is 0 Å². The number of carbonyl (C=O) groups excluding carboxylic acids is 1. The number of nitrogens with two attached hydrogens (primary N) is 1. The maximum Gasteiger partial charge on any atom is 0.231 e. The molecule has 0 bridgehead atoms. The monoisotopic (exact) mass is 242 g/mol. The van der Waals surface area contributed by atoms with Crippen LogP contribution in [0.2, 0.25) is 5.15 Å². The van der Waals surface area contributed by atoms with Gasteiger partial charge in [0.25, 0.3) is 0 Å². The van der Waals surface area contributed by atoms with E-state index in [9.17, 15) is 4.79 Å². The molecule has 0 saturated heterocycles. The molecular weight excluding hydrogens is 228 g/mol. The third-order valence-corrected chi connectivity index (χ3v) is 2.32. The molecule has 0 saturated carbocycles. The minimum absolute atomic E-state index is 0.210. The highest BCUT2D eigenvalue weighted by Crippen LogP contribution is 2.06. The molecule has 1 heterocycles. The van der Waals surface area contributed by atoms with Gasteiger partial charge in [0, 0.05) is 12.6 Å². The van der Waals surface area contributed by atoms with Crippen molar-refractivity contribution < 1.29 is 4.79 Å². The van der Waals surface area contributed by atoms with Gasteiger partial charge in [-0.25, -0.2) is 4.98 Å². The van der Waals surface area contributed by atoms with Gasteiger partial charge >= 0.3 is 0 Å². The molecule has 0 spiro atoms. The van der Waals surface area contributed by atoms with E-state index in [0.29, 0.717) is 11.7 Å². The van der Waals surface area contributed by atoms with Crippen LogP contribution in [0.5, 0.6) is 0 Å². The predicted octanol–water partition coefficient (Wildman–Crippen LogP) is 0.826. The lowest BCUT2D eigenvalue weighted by atomic mass is 10.3. The number of carbonyl (C=O) groups is 1. The van der Waals surface area contributed by atoms with Gasteiger partial charge < -0.3 is 5.73 Å². The molecular formula is C10H15ClN4O. The first-order valence-corrected chi connectivity index (χ1v) is 5.35. The Morgan fingerprint density at radius 3 is 2.62 bits per heavy atom. The molecule has 0 unspecified atom stereocenters. The summed E-state index contributed by atoms with van der Waals surface area (Å²) in [6.45, 7) is 4.73. The fraction of sp³-hybridized carbons (Fsp3) is 0.500. The van der Waals surface area contributed by atoms with E-state index in [4.69, 9.17) is 17.3 Å². The summed E-state index contributed by atoms with van der Waals surface area (Å²) in [5.74, 6) is -0.351. The van der Waals surface area contributed by atoms with E-state index in [2.05, 4.69) is 9.97 Å². The number of amides is 1. The molecule has 16 heavy (non-hydrogen) atoms. The van der Waals surface area contributed by atoms with Crippen molar-refractivity contribution in [2.24, 2.45) is 5.73 Å². The Balaban J connectivity index is 2.67. The Kier molecular flexibility index (Phi) is 4.64. The number of halogens is 1. The summed E-state index contributed by atoms with van der Waals surface area (Å²) in [7, 11) is 0. The Morgan fingerprint density at radius 1 is 1.50 bits per heavy atom. The van der Waals surface area contributed by atoms with E-state index in [1.165, 1.54) is 6.20 Å². The molecule has 1 amide bonds. The number of rotatable bonds is 5. The van der Waals surface area contributed by atoms with Crippen LogP contribution in [0.4, 0.5) is 0 Å². The molecule has 0 aromatic carbocycles. The summed E-state index contributed by atoms with van der Waals surface area (Å²) >= 11 is 5.63. The minimum Gasteiger partial charge on any atom is -0.369 e. The van der Waals surface area contributed by atoms with E-state index in [-0.39, 0.29) is 18.5 Å². The quantitative estimate of drug-likeness (QED) is 0.830. The van der Waals surface area contributed by atoms with E-state index < -0.39 is 0 Å². The number of aromatic nitrogens is 2. The highest BCUT2D eigenvalue weighted by atomic mass is 35.5. The highest BCUT2D eigenvalue weighted by molar-refractivity contribution is 6.29. The topological polar surface area (TPSA) is 72.1 Å². The number of hydrogen-bond acceptors (Lipinski definition) is 4. The van der Waals surface area contributed by atoms with Crippen molar-refractivity contribution in [2.75, 3.05) is 6.54 Å². The largest absolute Gasteiger partial charge is 0.369 e. The van der Waals surface area contributed by atoms with Crippen LogP contribution in [0.15, 0.2) is 12.4 Å². The summed E-state index contributed by atoms with van der Waals surface area (Å²) in [6.07, 6.45) is 3.08. The van der Waals surface area contributed by atoms with Crippen LogP contribution in [0.1, 0.15) is 19.5 Å². The molecule has 0 fully saturated rings. The summed E-state index contributed by atoms with van der Waals surface area (Å²) < 4.78 is 0. The SMILES string of the molecule is CC(C)N(CC(N)=O)Cc1cnc(Cl)cn1. The summed E-state index contributed by atoms with van der Waals surface area (Å²) in [5, 5.41) is 0.356. The van der Waals surface area contributed by atoms with E-state index in [1.807, 2.05) is 18.7 Å². The predicted molar refractivity (Wildman–Crippen MR) is 61.8 cm³/mol. The van der Waals surface area contributed by atoms with Crippen LogP contribution in [0.3, 0.4) is 0 Å². The van der Waals surface area contributed by atoms with Crippen LogP contribution in [0, 0.1) is 0 Å². The minimum atomic E-state index is -0.351. The van der Waals surface area contributed by atoms with E-state index in [0.717, 1.165) is 5.69 Å². The first kappa shape index (κ1) is 12.9. The van der Waals surface area contributed by atoms with Crippen LogP contribution in [-0.4, -0.2) is 33.4 Å². The Bertz CT molecular complexity index is 352. The van der Waals surface area contributed by atoms with Gasteiger partial charge in [-0.1, -0.05) is 11.6 Å². The summed E-state index contributed by atoms with van der Waals surface area (Å²) in [6, 6.07) is 0.213. The van der Waals surface area contributed by atoms with Gasteiger partial charge in [0.1, 0.15) is 5.15 Å². The van der Waals surface area contributed by atoms with Gasteiger partial charge in [-0.05, 0) is 13.8 Å². The molecule has 1 aromatic heterocycles. The smallest absolute Gasteiger partial charge is 0.231 e. The van der Waals surface area contributed by atoms with E-state index >= 15 is 0 Å². The van der Waals surface area contributed by atoms with Crippen molar-refractivity contribution in [3.63, 3.8) is 0 Å². The molecule has 5 nitrogen and oxygen atoms in total. The average Bonchev–Trinajstić information content (AvgIpc) is 2.19. The second kappa shape index (κ2) is 5.77. The van der Waals surface area contributed by atoms with Crippen molar-refractivity contribution >= 4 is 17.5 Å². The van der Waals surface area contributed by atoms with Gasteiger partial charge in [-0.3, -0.25) is 14.7 Å². The van der Waals surface area contributed by atoms with Crippen molar-refractivity contribution in [3.05, 3.63) is 23.2 Å². The van der Waals surface area contributed by atoms with Gasteiger partial charge in [0.2, 0.25) is 5.91 Å². The lowest BCUT2D eigenvalue weighted by Crippen LogP contribution is -2.38. The van der Waals surface area contributed by atoms with Crippen LogP contribution in [-0.2, 0) is 11.3 Å². The lowest BCUT2D eigenvalue weighted by Gasteiger charge is -2.24. The standard InChI is InChI=1S/C10H15ClN4O/c1-7(2)15(6-10(12)16)5-8-3-14-9(11)4-13-8/h3-4,7H,5-6H2,1-2H3,(H2,12,16). The molecule has 0 atom stereocenters. The second-order valence-electron chi connectivity index (χ2n) is 3.80. The molecule has 0 aliphatic carbocycles. The molecule has 0 radical (unpaired) electrons. The maximum absolute atomic E-state index is 10.9. The van der Waals surface area contributed by atoms with Gasteiger partial charge in [-0.15, -0.1) is 0 Å². The fourth-order valence-electron chi connectivity index (χ4n) is 1.25. The molecule has 1 rings (SSSR count). The third kappa shape index (κ3) is 4.12. The number of hydrogen-bond donors (Lipinski definition) is 1. The zero-order chi connectivity index (χ0) is 12.1. The van der Waals surface area contributed by atoms with Crippen LogP contribution in [0.25, 0.3) is 0 Å². The first-order valence-electron chi connectivity index (χ1n) is 4.98. The van der Waals surface area contributed by atoms with E-state index in [1.54, 1.807) is 6.20 Å². The summed E-state index contributed by atoms with van der Waals surface area (Å²) in [5.41, 5.74) is 5.93. The normalized spacial score (nSPS) is 11.1. The maximum atomic E-state index is 10.9. The second-order valence-corrected chi connectivity index (χ2v) is 4.18. The van der Waals surface area contributed by atoms with Crippen molar-refractivity contribution in [1.29, 1.82) is 0 Å². The van der Waals surface area contributed by atoms with Gasteiger partial charge in [-0.2, -0.15) is 0 Å². The summed E-state index contributed by atoms with van der Waals surface area (Å²) in [4.78, 5) is 20.8. The number of nitrogens with zero attached hydrogens (tertiary/aromatic N) is 3. The van der Waals surface area contributed by atoms with Crippen LogP contribution < -0.4 is 5.73 Å². The van der Waals surface area contributed by atoms with Crippen molar-refractivity contribution in [1.82, 2.24) is 14.9 Å². The lowest BCUT2D eigenvalue weighted by molar-refractivity contribution is -0.119. The molecule has 1 aromatic rings. The molecule has 88 valence electrons. The molecule has 0 aliphatic heterocycles. The van der Waals surface area contributed by atoms with Crippen molar-refractivity contribution in [3.8, 4) is 0 Å². The Labute approximate surface area is 99.6 Å². The van der Waals surface area contributed by atoms with Crippen molar-refractivity contribution in [2.45, 2.75) is 26.4 Å². The average molecular weight is 243 g/mol. The first-order chi connectivity index (χ1) is 7.49. The molecule has 6 heteroatoms.